The minimum Gasteiger partial charge on any atom is -0.489 e. The first kappa shape index (κ1) is 15.6. The molecule has 3 rings (SSSR count). The van der Waals surface area contributed by atoms with E-state index in [1.165, 1.54) is 5.56 Å². The Balaban J connectivity index is 1.65. The summed E-state index contributed by atoms with van der Waals surface area (Å²) in [5, 5.41) is 2.89. The Hall–Kier alpha value is -2.29. The van der Waals surface area contributed by atoms with E-state index in [2.05, 4.69) is 50.4 Å². The van der Waals surface area contributed by atoms with Crippen molar-refractivity contribution < 1.29 is 9.53 Å². The van der Waals surface area contributed by atoms with E-state index >= 15 is 0 Å². The van der Waals surface area contributed by atoms with Gasteiger partial charge in [-0.15, -0.1) is 0 Å². The molecule has 3 nitrogen and oxygen atoms in total. The quantitative estimate of drug-likeness (QED) is 0.909. The molecule has 0 bridgehead atoms. The Morgan fingerprint density at radius 2 is 1.78 bits per heavy atom. The summed E-state index contributed by atoms with van der Waals surface area (Å²) in [4.78, 5) is 11.4. The van der Waals surface area contributed by atoms with Crippen LogP contribution in [0.25, 0.3) is 0 Å². The predicted molar refractivity (Wildman–Crippen MR) is 92.9 cm³/mol. The molecule has 1 aliphatic heterocycles. The van der Waals surface area contributed by atoms with Crippen LogP contribution in [0.1, 0.15) is 43.9 Å². The molecule has 0 saturated heterocycles. The Morgan fingerprint density at radius 3 is 2.48 bits per heavy atom. The van der Waals surface area contributed by atoms with Crippen molar-refractivity contribution in [1.82, 2.24) is 0 Å². The fourth-order valence-electron chi connectivity index (χ4n) is 2.72. The SMILES string of the molecule is CC(C)(C)c1ccc(COc2ccc3c(c2)CCC(=O)N3)cc1. The molecule has 1 amide bonds. The van der Waals surface area contributed by atoms with Crippen LogP contribution < -0.4 is 10.1 Å². The van der Waals surface area contributed by atoms with Crippen molar-refractivity contribution >= 4 is 11.6 Å². The number of carbonyl (C=O) groups excluding carboxylic acids is 1. The second-order valence-electron chi connectivity index (χ2n) is 7.10. The first-order valence-corrected chi connectivity index (χ1v) is 8.07. The molecule has 0 atom stereocenters. The summed E-state index contributed by atoms with van der Waals surface area (Å²) in [5.41, 5.74) is 4.70. The van der Waals surface area contributed by atoms with Crippen LogP contribution in [0.2, 0.25) is 0 Å². The third kappa shape index (κ3) is 3.73. The first-order chi connectivity index (χ1) is 10.9. The first-order valence-electron chi connectivity index (χ1n) is 8.07. The van der Waals surface area contributed by atoms with Gasteiger partial charge >= 0.3 is 0 Å². The van der Waals surface area contributed by atoms with E-state index in [0.717, 1.165) is 29.0 Å². The molecule has 0 radical (unpaired) electrons. The number of carbonyl (C=O) groups is 1. The summed E-state index contributed by atoms with van der Waals surface area (Å²) in [6.45, 7) is 7.19. The molecular weight excluding hydrogens is 286 g/mol. The zero-order valence-corrected chi connectivity index (χ0v) is 14.0. The van der Waals surface area contributed by atoms with Crippen LogP contribution in [0, 0.1) is 0 Å². The summed E-state index contributed by atoms with van der Waals surface area (Å²) in [6.07, 6.45) is 1.32. The standard InChI is InChI=1S/C20H23NO2/c1-20(2,3)16-7-4-14(5-8-16)13-23-17-9-10-18-15(12-17)6-11-19(22)21-18/h4-5,7-10,12H,6,11,13H2,1-3H3,(H,21,22). The number of anilines is 1. The van der Waals surface area contributed by atoms with Crippen LogP contribution in [0.3, 0.4) is 0 Å². The predicted octanol–water partition coefficient (Wildman–Crippen LogP) is 4.45. The van der Waals surface area contributed by atoms with Gasteiger partial charge in [-0.2, -0.15) is 0 Å². The fourth-order valence-corrected chi connectivity index (χ4v) is 2.72. The highest BCUT2D eigenvalue weighted by Gasteiger charge is 2.15. The van der Waals surface area contributed by atoms with Crippen LogP contribution in [0.4, 0.5) is 5.69 Å². The van der Waals surface area contributed by atoms with E-state index in [9.17, 15) is 4.79 Å². The number of amides is 1. The molecule has 1 N–H and O–H groups in total. The highest BCUT2D eigenvalue weighted by molar-refractivity contribution is 5.93. The molecule has 2 aromatic rings. The van der Waals surface area contributed by atoms with Crippen LogP contribution >= 0.6 is 0 Å². The van der Waals surface area contributed by atoms with E-state index in [-0.39, 0.29) is 11.3 Å². The van der Waals surface area contributed by atoms with Crippen molar-refractivity contribution in [3.05, 3.63) is 59.2 Å². The molecule has 1 heterocycles. The summed E-state index contributed by atoms with van der Waals surface area (Å²) in [7, 11) is 0. The number of aryl methyl sites for hydroxylation is 1. The number of hydrogen-bond donors (Lipinski definition) is 1. The van der Waals surface area contributed by atoms with Crippen LogP contribution in [0.15, 0.2) is 42.5 Å². The monoisotopic (exact) mass is 309 g/mol. The summed E-state index contributed by atoms with van der Waals surface area (Å²) in [5.74, 6) is 0.935. The lowest BCUT2D eigenvalue weighted by Crippen LogP contribution is -2.18. The van der Waals surface area contributed by atoms with Gasteiger partial charge in [-0.3, -0.25) is 4.79 Å². The summed E-state index contributed by atoms with van der Waals surface area (Å²) < 4.78 is 5.90. The molecule has 23 heavy (non-hydrogen) atoms. The lowest BCUT2D eigenvalue weighted by Gasteiger charge is -2.19. The van der Waals surface area contributed by atoms with Crippen molar-refractivity contribution in [3.8, 4) is 5.75 Å². The zero-order chi connectivity index (χ0) is 16.4. The van der Waals surface area contributed by atoms with Gasteiger partial charge in [-0.1, -0.05) is 45.0 Å². The number of hydrogen-bond acceptors (Lipinski definition) is 2. The molecular formula is C20H23NO2. The maximum atomic E-state index is 11.4. The van der Waals surface area contributed by atoms with Crippen molar-refractivity contribution in [3.63, 3.8) is 0 Å². The van der Waals surface area contributed by atoms with Crippen LogP contribution in [0.5, 0.6) is 5.75 Å². The van der Waals surface area contributed by atoms with Crippen molar-refractivity contribution in [2.24, 2.45) is 0 Å². The minimum atomic E-state index is 0.0881. The molecule has 0 saturated carbocycles. The molecule has 0 unspecified atom stereocenters. The Morgan fingerprint density at radius 1 is 1.04 bits per heavy atom. The third-order valence-electron chi connectivity index (χ3n) is 4.20. The van der Waals surface area contributed by atoms with Crippen molar-refractivity contribution in [1.29, 1.82) is 0 Å². The highest BCUT2D eigenvalue weighted by Crippen LogP contribution is 2.27. The number of rotatable bonds is 3. The molecule has 3 heteroatoms. The summed E-state index contributed by atoms with van der Waals surface area (Å²) in [6, 6.07) is 14.4. The van der Waals surface area contributed by atoms with E-state index in [1.54, 1.807) is 0 Å². The maximum absolute atomic E-state index is 11.4. The van der Waals surface area contributed by atoms with Gasteiger partial charge in [-0.25, -0.2) is 0 Å². The topological polar surface area (TPSA) is 38.3 Å². The number of benzene rings is 2. The molecule has 1 aliphatic rings. The Labute approximate surface area is 137 Å². The molecule has 0 aromatic heterocycles. The van der Waals surface area contributed by atoms with E-state index in [0.29, 0.717) is 13.0 Å². The van der Waals surface area contributed by atoms with Gasteiger partial charge in [0.2, 0.25) is 5.91 Å². The molecule has 0 fully saturated rings. The number of ether oxygens (including phenoxy) is 1. The fraction of sp³-hybridized carbons (Fsp3) is 0.350. The second kappa shape index (κ2) is 6.07. The zero-order valence-electron chi connectivity index (χ0n) is 14.0. The van der Waals surface area contributed by atoms with Crippen LogP contribution in [-0.4, -0.2) is 5.91 Å². The molecule has 0 spiro atoms. The van der Waals surface area contributed by atoms with Gasteiger partial charge < -0.3 is 10.1 Å². The maximum Gasteiger partial charge on any atom is 0.224 e. The normalized spacial score (nSPS) is 14.1. The lowest BCUT2D eigenvalue weighted by molar-refractivity contribution is -0.116. The molecule has 120 valence electrons. The second-order valence-corrected chi connectivity index (χ2v) is 7.10. The van der Waals surface area contributed by atoms with Crippen molar-refractivity contribution in [2.45, 2.75) is 45.6 Å². The molecule has 0 aliphatic carbocycles. The average molecular weight is 309 g/mol. The van der Waals surface area contributed by atoms with Gasteiger partial charge in [0.05, 0.1) is 0 Å². The third-order valence-corrected chi connectivity index (χ3v) is 4.20. The Kier molecular flexibility index (Phi) is 4.12. The van der Waals surface area contributed by atoms with Gasteiger partial charge in [0.15, 0.2) is 0 Å². The number of nitrogens with one attached hydrogen (secondary N) is 1. The minimum absolute atomic E-state index is 0.0881. The average Bonchev–Trinajstić information content (AvgIpc) is 2.52. The van der Waals surface area contributed by atoms with Crippen molar-refractivity contribution in [2.75, 3.05) is 5.32 Å². The summed E-state index contributed by atoms with van der Waals surface area (Å²) >= 11 is 0. The molecule has 2 aromatic carbocycles. The van der Waals surface area contributed by atoms with Gasteiger partial charge in [-0.05, 0) is 46.7 Å². The van der Waals surface area contributed by atoms with Gasteiger partial charge in [0.25, 0.3) is 0 Å². The number of fused-ring (bicyclic) bond motifs is 1. The lowest BCUT2D eigenvalue weighted by atomic mass is 9.87. The largest absolute Gasteiger partial charge is 0.489 e. The van der Waals surface area contributed by atoms with E-state index in [4.69, 9.17) is 4.74 Å². The smallest absolute Gasteiger partial charge is 0.224 e. The van der Waals surface area contributed by atoms with E-state index in [1.807, 2.05) is 18.2 Å². The van der Waals surface area contributed by atoms with Gasteiger partial charge in [0.1, 0.15) is 12.4 Å². The highest BCUT2D eigenvalue weighted by atomic mass is 16.5. The van der Waals surface area contributed by atoms with Gasteiger partial charge in [0, 0.05) is 12.1 Å². The Bertz CT molecular complexity index is 711. The van der Waals surface area contributed by atoms with Crippen LogP contribution in [-0.2, 0) is 23.2 Å². The van der Waals surface area contributed by atoms with E-state index < -0.39 is 0 Å².